The number of aryl methyl sites for hydroxylation is 2. The van der Waals surface area contributed by atoms with Crippen LogP contribution in [0.4, 0.5) is 5.13 Å². The minimum atomic E-state index is -0.152. The van der Waals surface area contributed by atoms with E-state index in [9.17, 15) is 4.79 Å². The summed E-state index contributed by atoms with van der Waals surface area (Å²) in [6.45, 7) is 4.03. The first kappa shape index (κ1) is 18.9. The zero-order chi connectivity index (χ0) is 18.7. The Bertz CT molecular complexity index is 953. The van der Waals surface area contributed by atoms with E-state index in [1.807, 2.05) is 43.3 Å². The summed E-state index contributed by atoms with van der Waals surface area (Å²) in [5.74, 6) is -0.152. The van der Waals surface area contributed by atoms with Crippen LogP contribution in [0, 0.1) is 6.92 Å². The van der Waals surface area contributed by atoms with E-state index in [4.69, 9.17) is 23.2 Å². The van der Waals surface area contributed by atoms with E-state index in [-0.39, 0.29) is 5.91 Å². The maximum Gasteiger partial charge on any atom is 0.257 e. The Morgan fingerprint density at radius 2 is 1.92 bits per heavy atom. The molecule has 0 aliphatic carbocycles. The molecule has 1 heterocycles. The minimum absolute atomic E-state index is 0.152. The number of nitrogens with one attached hydrogen (secondary N) is 1. The third-order valence-corrected chi connectivity index (χ3v) is 5.75. The number of benzene rings is 2. The van der Waals surface area contributed by atoms with Crippen LogP contribution in [-0.2, 0) is 6.42 Å². The molecule has 0 radical (unpaired) electrons. The topological polar surface area (TPSA) is 42.0 Å². The van der Waals surface area contributed by atoms with Gasteiger partial charge in [-0.15, -0.1) is 11.3 Å². The number of aromatic nitrogens is 1. The van der Waals surface area contributed by atoms with Gasteiger partial charge in [0.25, 0.3) is 5.91 Å². The molecule has 0 aliphatic heterocycles. The Hall–Kier alpha value is -1.88. The number of thiazole rings is 1. The highest BCUT2D eigenvalue weighted by Crippen LogP contribution is 2.35. The van der Waals surface area contributed by atoms with Gasteiger partial charge in [0.05, 0.1) is 15.7 Å². The normalized spacial score (nSPS) is 10.8. The molecule has 1 aromatic heterocycles. The van der Waals surface area contributed by atoms with E-state index in [1.165, 1.54) is 11.3 Å². The molecule has 0 saturated carbocycles. The molecule has 0 spiro atoms. The van der Waals surface area contributed by atoms with E-state index in [2.05, 4.69) is 17.2 Å². The summed E-state index contributed by atoms with van der Waals surface area (Å²) in [6.07, 6.45) is 1.87. The predicted octanol–water partition coefficient (Wildman–Crippen LogP) is 6.63. The summed E-state index contributed by atoms with van der Waals surface area (Å²) < 4.78 is 0. The molecule has 1 amide bonds. The zero-order valence-corrected chi connectivity index (χ0v) is 16.8. The average Bonchev–Trinajstić information content (AvgIpc) is 3.00. The van der Waals surface area contributed by atoms with Crippen molar-refractivity contribution in [2.75, 3.05) is 5.32 Å². The van der Waals surface area contributed by atoms with Gasteiger partial charge in [-0.2, -0.15) is 0 Å². The summed E-state index contributed by atoms with van der Waals surface area (Å²) in [7, 11) is 0. The Morgan fingerprint density at radius 1 is 1.15 bits per heavy atom. The number of anilines is 1. The molecule has 3 nitrogen and oxygen atoms in total. The quantitative estimate of drug-likeness (QED) is 0.518. The summed E-state index contributed by atoms with van der Waals surface area (Å²) in [5.41, 5.74) is 3.32. The third-order valence-electron chi connectivity index (χ3n) is 3.98. The Labute approximate surface area is 167 Å². The SMILES string of the molecule is CCCc1sc(NC(=O)c2ccccc2C)nc1-c1ccc(Cl)c(Cl)c1. The van der Waals surface area contributed by atoms with Crippen LogP contribution in [0.15, 0.2) is 42.5 Å². The summed E-state index contributed by atoms with van der Waals surface area (Å²) in [6, 6.07) is 13.0. The minimum Gasteiger partial charge on any atom is -0.298 e. The van der Waals surface area contributed by atoms with Gasteiger partial charge in [-0.1, -0.05) is 60.8 Å². The monoisotopic (exact) mass is 404 g/mol. The highest BCUT2D eigenvalue weighted by atomic mass is 35.5. The van der Waals surface area contributed by atoms with Crippen LogP contribution < -0.4 is 5.32 Å². The number of amides is 1. The molecule has 6 heteroatoms. The van der Waals surface area contributed by atoms with E-state index in [1.54, 1.807) is 6.07 Å². The molecule has 0 unspecified atom stereocenters. The van der Waals surface area contributed by atoms with Gasteiger partial charge < -0.3 is 0 Å². The molecule has 0 fully saturated rings. The predicted molar refractivity (Wildman–Crippen MR) is 111 cm³/mol. The zero-order valence-electron chi connectivity index (χ0n) is 14.5. The molecule has 0 atom stereocenters. The van der Waals surface area contributed by atoms with Crippen molar-refractivity contribution >= 4 is 45.6 Å². The number of carbonyl (C=O) groups is 1. The van der Waals surface area contributed by atoms with Crippen LogP contribution in [0.25, 0.3) is 11.3 Å². The van der Waals surface area contributed by atoms with Gasteiger partial charge in [-0.25, -0.2) is 4.98 Å². The van der Waals surface area contributed by atoms with Crippen LogP contribution >= 0.6 is 34.5 Å². The highest BCUT2D eigenvalue weighted by Gasteiger charge is 2.16. The lowest BCUT2D eigenvalue weighted by atomic mass is 10.1. The average molecular weight is 405 g/mol. The maximum atomic E-state index is 12.6. The lowest BCUT2D eigenvalue weighted by Gasteiger charge is -2.04. The van der Waals surface area contributed by atoms with E-state index in [0.717, 1.165) is 34.5 Å². The van der Waals surface area contributed by atoms with Gasteiger partial charge in [0.1, 0.15) is 0 Å². The molecule has 3 rings (SSSR count). The van der Waals surface area contributed by atoms with Gasteiger partial charge in [-0.3, -0.25) is 10.1 Å². The van der Waals surface area contributed by atoms with Crippen molar-refractivity contribution in [1.82, 2.24) is 4.98 Å². The van der Waals surface area contributed by atoms with E-state index < -0.39 is 0 Å². The molecular weight excluding hydrogens is 387 g/mol. The van der Waals surface area contributed by atoms with Gasteiger partial charge in [0, 0.05) is 16.0 Å². The fourth-order valence-electron chi connectivity index (χ4n) is 2.66. The fraction of sp³-hybridized carbons (Fsp3) is 0.200. The molecule has 26 heavy (non-hydrogen) atoms. The Kier molecular flexibility index (Phi) is 5.97. The van der Waals surface area contributed by atoms with Crippen molar-refractivity contribution < 1.29 is 4.79 Å². The van der Waals surface area contributed by atoms with Gasteiger partial charge in [0.2, 0.25) is 0 Å². The summed E-state index contributed by atoms with van der Waals surface area (Å²) in [4.78, 5) is 18.3. The standard InChI is InChI=1S/C20H18Cl2N2OS/c1-3-6-17-18(13-9-10-15(21)16(22)11-13)23-20(26-17)24-19(25)14-8-5-4-7-12(14)2/h4-5,7-11H,3,6H2,1-2H3,(H,23,24,25). The number of carbonyl (C=O) groups excluding carboxylic acids is 1. The lowest BCUT2D eigenvalue weighted by Crippen LogP contribution is -2.12. The van der Waals surface area contributed by atoms with Crippen molar-refractivity contribution in [1.29, 1.82) is 0 Å². The maximum absolute atomic E-state index is 12.6. The number of rotatable bonds is 5. The Balaban J connectivity index is 1.93. The van der Waals surface area contributed by atoms with Crippen molar-refractivity contribution in [3.8, 4) is 11.3 Å². The molecule has 0 aliphatic rings. The molecule has 134 valence electrons. The first-order valence-corrected chi connectivity index (χ1v) is 9.89. The molecular formula is C20H18Cl2N2OS. The molecule has 1 N–H and O–H groups in total. The first-order chi connectivity index (χ1) is 12.5. The fourth-order valence-corrected chi connectivity index (χ4v) is 4.04. The summed E-state index contributed by atoms with van der Waals surface area (Å²) in [5, 5.41) is 4.51. The number of halogens is 2. The van der Waals surface area contributed by atoms with Crippen LogP contribution in [0.5, 0.6) is 0 Å². The van der Waals surface area contributed by atoms with Gasteiger partial charge >= 0.3 is 0 Å². The van der Waals surface area contributed by atoms with Crippen molar-refractivity contribution in [2.45, 2.75) is 26.7 Å². The number of nitrogens with zero attached hydrogens (tertiary/aromatic N) is 1. The number of hydrogen-bond acceptors (Lipinski definition) is 3. The largest absolute Gasteiger partial charge is 0.298 e. The van der Waals surface area contributed by atoms with E-state index in [0.29, 0.717) is 20.7 Å². The number of hydrogen-bond donors (Lipinski definition) is 1. The van der Waals surface area contributed by atoms with Gasteiger partial charge in [0.15, 0.2) is 5.13 Å². The third kappa shape index (κ3) is 4.09. The van der Waals surface area contributed by atoms with Crippen LogP contribution in [0.3, 0.4) is 0 Å². The Morgan fingerprint density at radius 3 is 2.62 bits per heavy atom. The van der Waals surface area contributed by atoms with Gasteiger partial charge in [-0.05, 0) is 37.1 Å². The van der Waals surface area contributed by atoms with Crippen LogP contribution in [-0.4, -0.2) is 10.9 Å². The second-order valence-corrected chi connectivity index (χ2v) is 7.84. The molecule has 0 saturated heterocycles. The van der Waals surface area contributed by atoms with E-state index >= 15 is 0 Å². The molecule has 3 aromatic rings. The van der Waals surface area contributed by atoms with Crippen molar-refractivity contribution in [2.24, 2.45) is 0 Å². The van der Waals surface area contributed by atoms with Crippen molar-refractivity contribution in [3.05, 3.63) is 68.5 Å². The second-order valence-electron chi connectivity index (χ2n) is 5.94. The smallest absolute Gasteiger partial charge is 0.257 e. The second kappa shape index (κ2) is 8.21. The molecule has 2 aromatic carbocycles. The first-order valence-electron chi connectivity index (χ1n) is 8.31. The van der Waals surface area contributed by atoms with Crippen LogP contribution in [0.1, 0.15) is 34.1 Å². The van der Waals surface area contributed by atoms with Crippen LogP contribution in [0.2, 0.25) is 10.0 Å². The lowest BCUT2D eigenvalue weighted by molar-refractivity contribution is 0.102. The summed E-state index contributed by atoms with van der Waals surface area (Å²) >= 11 is 13.7. The van der Waals surface area contributed by atoms with Crippen molar-refractivity contribution in [3.63, 3.8) is 0 Å². The molecule has 0 bridgehead atoms. The highest BCUT2D eigenvalue weighted by molar-refractivity contribution is 7.16.